The Morgan fingerprint density at radius 2 is 2.07 bits per heavy atom. The zero-order valence-corrected chi connectivity index (χ0v) is 9.62. The fourth-order valence-electron chi connectivity index (χ4n) is 1.31. The van der Waals surface area contributed by atoms with E-state index in [9.17, 15) is 5.11 Å². The zero-order valence-electron chi connectivity index (χ0n) is 9.62. The first kappa shape index (κ1) is 11.3. The topological polar surface area (TPSA) is 25.2 Å². The van der Waals surface area contributed by atoms with Crippen molar-refractivity contribution in [2.45, 2.75) is 46.8 Å². The Hall–Kier alpha value is -0.760. The Bertz CT molecular complexity index is 281. The van der Waals surface area contributed by atoms with Gasteiger partial charge in [0.2, 0.25) is 0 Å². The summed E-state index contributed by atoms with van der Waals surface area (Å²) in [4.78, 5) is 0. The molecule has 0 radical (unpaired) electrons. The summed E-state index contributed by atoms with van der Waals surface area (Å²) in [7, 11) is 0. The molecule has 14 heavy (non-hydrogen) atoms. The highest BCUT2D eigenvalue weighted by molar-refractivity contribution is 5.12. The molecular formula is C12H21NO. The number of aliphatic hydroxyl groups is 1. The Morgan fingerprint density at radius 1 is 1.43 bits per heavy atom. The van der Waals surface area contributed by atoms with E-state index in [2.05, 4.69) is 25.3 Å². The SMILES string of the molecule is CC(O)c1ccn(CCC(C)(C)C)c1. The molecule has 0 saturated heterocycles. The quantitative estimate of drug-likeness (QED) is 0.788. The highest BCUT2D eigenvalue weighted by Crippen LogP contribution is 2.20. The highest BCUT2D eigenvalue weighted by atomic mass is 16.3. The Kier molecular flexibility index (Phi) is 3.38. The van der Waals surface area contributed by atoms with Crippen LogP contribution in [0.5, 0.6) is 0 Å². The van der Waals surface area contributed by atoms with Crippen molar-refractivity contribution < 1.29 is 5.11 Å². The number of aryl methyl sites for hydroxylation is 1. The van der Waals surface area contributed by atoms with Crippen LogP contribution in [0.25, 0.3) is 0 Å². The monoisotopic (exact) mass is 195 g/mol. The van der Waals surface area contributed by atoms with Crippen LogP contribution in [0.4, 0.5) is 0 Å². The van der Waals surface area contributed by atoms with Gasteiger partial charge in [-0.1, -0.05) is 20.8 Å². The van der Waals surface area contributed by atoms with E-state index in [1.807, 2.05) is 18.5 Å². The Labute approximate surface area is 86.6 Å². The first-order chi connectivity index (χ1) is 6.38. The second-order valence-electron chi connectivity index (χ2n) is 5.17. The van der Waals surface area contributed by atoms with Crippen molar-refractivity contribution in [3.8, 4) is 0 Å². The maximum atomic E-state index is 9.35. The number of hydrogen-bond donors (Lipinski definition) is 1. The van der Waals surface area contributed by atoms with Crippen LogP contribution in [-0.2, 0) is 6.54 Å². The Morgan fingerprint density at radius 3 is 2.50 bits per heavy atom. The van der Waals surface area contributed by atoms with Crippen LogP contribution in [0.1, 0.15) is 45.8 Å². The third-order valence-corrected chi connectivity index (χ3v) is 2.38. The normalized spacial score (nSPS) is 14.4. The average molecular weight is 195 g/mol. The summed E-state index contributed by atoms with van der Waals surface area (Å²) in [6, 6.07) is 1.98. The molecule has 0 aromatic carbocycles. The van der Waals surface area contributed by atoms with Gasteiger partial charge in [0.1, 0.15) is 0 Å². The molecule has 1 unspecified atom stereocenters. The van der Waals surface area contributed by atoms with E-state index in [0.29, 0.717) is 5.41 Å². The van der Waals surface area contributed by atoms with Crippen LogP contribution < -0.4 is 0 Å². The van der Waals surface area contributed by atoms with Gasteiger partial charge in [-0.3, -0.25) is 0 Å². The molecule has 0 bridgehead atoms. The predicted molar refractivity (Wildman–Crippen MR) is 59.1 cm³/mol. The van der Waals surface area contributed by atoms with Crippen LogP contribution in [0, 0.1) is 5.41 Å². The summed E-state index contributed by atoms with van der Waals surface area (Å²) in [5.74, 6) is 0. The first-order valence-electron chi connectivity index (χ1n) is 5.22. The molecule has 1 heterocycles. The van der Waals surface area contributed by atoms with E-state index in [4.69, 9.17) is 0 Å². The lowest BCUT2D eigenvalue weighted by atomic mass is 9.92. The first-order valence-corrected chi connectivity index (χ1v) is 5.22. The van der Waals surface area contributed by atoms with Gasteiger partial charge >= 0.3 is 0 Å². The summed E-state index contributed by atoms with van der Waals surface area (Å²) in [6.45, 7) is 9.55. The molecule has 0 aliphatic heterocycles. The average Bonchev–Trinajstić information content (AvgIpc) is 2.47. The molecule has 1 aromatic heterocycles. The van der Waals surface area contributed by atoms with Gasteiger partial charge in [-0.25, -0.2) is 0 Å². The lowest BCUT2D eigenvalue weighted by molar-refractivity contribution is 0.199. The zero-order chi connectivity index (χ0) is 10.8. The van der Waals surface area contributed by atoms with Gasteiger partial charge in [0, 0.05) is 18.9 Å². The number of nitrogens with zero attached hydrogens (tertiary/aromatic N) is 1. The van der Waals surface area contributed by atoms with Gasteiger partial charge in [0.15, 0.2) is 0 Å². The van der Waals surface area contributed by atoms with Gasteiger partial charge in [-0.15, -0.1) is 0 Å². The maximum absolute atomic E-state index is 9.35. The van der Waals surface area contributed by atoms with Gasteiger partial charge in [0.05, 0.1) is 6.10 Å². The van der Waals surface area contributed by atoms with E-state index in [1.165, 1.54) is 0 Å². The van der Waals surface area contributed by atoms with E-state index in [1.54, 1.807) is 6.92 Å². The molecule has 1 aromatic rings. The molecular weight excluding hydrogens is 174 g/mol. The second-order valence-corrected chi connectivity index (χ2v) is 5.17. The molecule has 0 spiro atoms. The van der Waals surface area contributed by atoms with Gasteiger partial charge < -0.3 is 9.67 Å². The maximum Gasteiger partial charge on any atom is 0.0776 e. The van der Waals surface area contributed by atoms with Gasteiger partial charge in [-0.05, 0) is 30.4 Å². The lowest BCUT2D eigenvalue weighted by Crippen LogP contribution is -2.09. The van der Waals surface area contributed by atoms with E-state index >= 15 is 0 Å². The van der Waals surface area contributed by atoms with Crippen molar-refractivity contribution >= 4 is 0 Å². The summed E-state index contributed by atoms with van der Waals surface area (Å²) < 4.78 is 2.15. The molecule has 1 N–H and O–H groups in total. The molecule has 2 nitrogen and oxygen atoms in total. The molecule has 0 fully saturated rings. The fraction of sp³-hybridized carbons (Fsp3) is 0.667. The van der Waals surface area contributed by atoms with Gasteiger partial charge in [0.25, 0.3) is 0 Å². The molecule has 0 aliphatic carbocycles. The summed E-state index contributed by atoms with van der Waals surface area (Å²) in [6.07, 6.45) is 4.86. The molecule has 2 heteroatoms. The summed E-state index contributed by atoms with van der Waals surface area (Å²) in [5, 5.41) is 9.35. The smallest absolute Gasteiger partial charge is 0.0776 e. The lowest BCUT2D eigenvalue weighted by Gasteiger charge is -2.18. The van der Waals surface area contributed by atoms with Crippen molar-refractivity contribution in [3.05, 3.63) is 24.0 Å². The van der Waals surface area contributed by atoms with Crippen molar-refractivity contribution in [3.63, 3.8) is 0 Å². The standard InChI is InChI=1S/C12H21NO/c1-10(14)11-5-7-13(9-11)8-6-12(2,3)4/h5,7,9-10,14H,6,8H2,1-4H3. The molecule has 0 aliphatic rings. The van der Waals surface area contributed by atoms with E-state index < -0.39 is 0 Å². The third-order valence-electron chi connectivity index (χ3n) is 2.38. The minimum atomic E-state index is -0.356. The largest absolute Gasteiger partial charge is 0.389 e. The highest BCUT2D eigenvalue weighted by Gasteiger charge is 2.10. The molecule has 1 rings (SSSR count). The third kappa shape index (κ3) is 3.54. The molecule has 0 saturated carbocycles. The fourth-order valence-corrected chi connectivity index (χ4v) is 1.31. The van der Waals surface area contributed by atoms with Crippen molar-refractivity contribution in [1.82, 2.24) is 4.57 Å². The van der Waals surface area contributed by atoms with Crippen LogP contribution >= 0.6 is 0 Å². The molecule has 1 atom stereocenters. The van der Waals surface area contributed by atoms with Crippen LogP contribution in [0.2, 0.25) is 0 Å². The predicted octanol–water partition coefficient (Wildman–Crippen LogP) is 2.98. The minimum Gasteiger partial charge on any atom is -0.389 e. The molecule has 0 amide bonds. The number of hydrogen-bond acceptors (Lipinski definition) is 1. The minimum absolute atomic E-state index is 0.356. The van der Waals surface area contributed by atoms with Gasteiger partial charge in [-0.2, -0.15) is 0 Å². The van der Waals surface area contributed by atoms with Crippen molar-refractivity contribution in [2.24, 2.45) is 5.41 Å². The number of rotatable bonds is 3. The second kappa shape index (κ2) is 4.18. The molecule has 80 valence electrons. The summed E-state index contributed by atoms with van der Waals surface area (Å²) in [5.41, 5.74) is 1.37. The van der Waals surface area contributed by atoms with Crippen molar-refractivity contribution in [2.75, 3.05) is 0 Å². The van der Waals surface area contributed by atoms with Crippen LogP contribution in [-0.4, -0.2) is 9.67 Å². The number of aromatic nitrogens is 1. The van der Waals surface area contributed by atoms with E-state index in [-0.39, 0.29) is 6.10 Å². The number of aliphatic hydroxyl groups excluding tert-OH is 1. The van der Waals surface area contributed by atoms with Crippen LogP contribution in [0.3, 0.4) is 0 Å². The summed E-state index contributed by atoms with van der Waals surface area (Å²) >= 11 is 0. The van der Waals surface area contributed by atoms with Crippen molar-refractivity contribution in [1.29, 1.82) is 0 Å². The van der Waals surface area contributed by atoms with Crippen LogP contribution in [0.15, 0.2) is 18.5 Å². The van der Waals surface area contributed by atoms with E-state index in [0.717, 1.165) is 18.5 Å². The Balaban J connectivity index is 2.52.